The summed E-state index contributed by atoms with van der Waals surface area (Å²) < 4.78 is 17.1. The first-order chi connectivity index (χ1) is 8.72. The molecule has 5 heteroatoms. The van der Waals surface area contributed by atoms with Gasteiger partial charge in [-0.2, -0.15) is 0 Å². The minimum absolute atomic E-state index is 0.0537. The molecule has 2 bridgehead atoms. The van der Waals surface area contributed by atoms with Gasteiger partial charge in [-0.25, -0.2) is 0 Å². The Kier molecular flexibility index (Phi) is 4.32. The van der Waals surface area contributed by atoms with Gasteiger partial charge in [-0.3, -0.25) is 14.1 Å². The maximum absolute atomic E-state index is 12.3. The predicted octanol–water partition coefficient (Wildman–Crippen LogP) is 1.19. The smallest absolute Gasteiger partial charge is 0.310 e. The van der Waals surface area contributed by atoms with E-state index < -0.39 is 0 Å². The number of fused-ring (bicyclic) bond motifs is 2. The molecule has 0 aliphatic carbocycles. The Labute approximate surface area is 106 Å². The van der Waals surface area contributed by atoms with E-state index in [0.29, 0.717) is 25.4 Å². The van der Waals surface area contributed by atoms with Crippen LogP contribution in [0.5, 0.6) is 0 Å². The van der Waals surface area contributed by atoms with Gasteiger partial charge in [0.25, 0.3) is 0 Å². The van der Waals surface area contributed by atoms with Crippen LogP contribution in [-0.4, -0.2) is 49.6 Å². The molecular formula is C13H20FNO3. The Morgan fingerprint density at radius 1 is 1.50 bits per heavy atom. The standard InChI is InChI=1S/C13H20FNO3/c1-18-13(17)12-9(8-16)7-10-3-4-11(12)15(10)6-2-5-14/h8-12H,2-7H2,1H3. The summed E-state index contributed by atoms with van der Waals surface area (Å²) >= 11 is 0. The molecule has 4 atom stereocenters. The zero-order valence-electron chi connectivity index (χ0n) is 10.7. The number of piperidine rings is 1. The molecule has 0 aromatic rings. The van der Waals surface area contributed by atoms with Crippen LogP contribution in [0.2, 0.25) is 0 Å². The van der Waals surface area contributed by atoms with Crippen molar-refractivity contribution in [1.82, 2.24) is 4.90 Å². The van der Waals surface area contributed by atoms with Gasteiger partial charge in [-0.1, -0.05) is 0 Å². The van der Waals surface area contributed by atoms with Crippen LogP contribution in [0.4, 0.5) is 4.39 Å². The SMILES string of the molecule is COC(=O)C1C(C=O)CC2CCC1N2CCCF. The van der Waals surface area contributed by atoms with E-state index in [2.05, 4.69) is 4.90 Å². The van der Waals surface area contributed by atoms with E-state index in [1.54, 1.807) is 0 Å². The minimum atomic E-state index is -0.370. The van der Waals surface area contributed by atoms with E-state index >= 15 is 0 Å². The molecule has 0 N–H and O–H groups in total. The van der Waals surface area contributed by atoms with Crippen molar-refractivity contribution in [3.8, 4) is 0 Å². The van der Waals surface area contributed by atoms with Gasteiger partial charge in [-0.15, -0.1) is 0 Å². The van der Waals surface area contributed by atoms with Gasteiger partial charge in [0.1, 0.15) is 6.29 Å². The fourth-order valence-electron chi connectivity index (χ4n) is 3.55. The van der Waals surface area contributed by atoms with Crippen LogP contribution in [0.3, 0.4) is 0 Å². The Morgan fingerprint density at radius 2 is 2.28 bits per heavy atom. The van der Waals surface area contributed by atoms with Crippen LogP contribution in [0.1, 0.15) is 25.7 Å². The summed E-state index contributed by atoms with van der Waals surface area (Å²) in [7, 11) is 1.36. The third-order valence-corrected chi connectivity index (χ3v) is 4.31. The number of carbonyl (C=O) groups is 2. The predicted molar refractivity (Wildman–Crippen MR) is 63.8 cm³/mol. The summed E-state index contributed by atoms with van der Waals surface area (Å²) in [5.41, 5.74) is 0. The first kappa shape index (κ1) is 13.5. The minimum Gasteiger partial charge on any atom is -0.469 e. The number of rotatable bonds is 5. The van der Waals surface area contributed by atoms with Crippen LogP contribution in [0.25, 0.3) is 0 Å². The van der Waals surface area contributed by atoms with E-state index in [4.69, 9.17) is 4.74 Å². The molecule has 4 nitrogen and oxygen atoms in total. The van der Waals surface area contributed by atoms with Crippen molar-refractivity contribution in [2.75, 3.05) is 20.3 Å². The third kappa shape index (κ3) is 2.28. The lowest BCUT2D eigenvalue weighted by atomic mass is 9.80. The summed E-state index contributed by atoms with van der Waals surface area (Å²) in [6, 6.07) is 0.385. The molecule has 2 aliphatic heterocycles. The maximum atomic E-state index is 12.3. The molecule has 2 rings (SSSR count). The van der Waals surface area contributed by atoms with Crippen LogP contribution in [0.15, 0.2) is 0 Å². The Hall–Kier alpha value is -0.970. The zero-order chi connectivity index (χ0) is 13.1. The Bertz CT molecular complexity index is 323. The van der Waals surface area contributed by atoms with E-state index in [1.807, 2.05) is 0 Å². The number of esters is 1. The molecule has 0 saturated carbocycles. The lowest BCUT2D eigenvalue weighted by Gasteiger charge is -2.41. The molecule has 0 aromatic heterocycles. The second-order valence-corrected chi connectivity index (χ2v) is 5.16. The largest absolute Gasteiger partial charge is 0.469 e. The van der Waals surface area contributed by atoms with Crippen molar-refractivity contribution in [1.29, 1.82) is 0 Å². The third-order valence-electron chi connectivity index (χ3n) is 4.31. The second kappa shape index (κ2) is 5.78. The van der Waals surface area contributed by atoms with Crippen LogP contribution in [-0.2, 0) is 14.3 Å². The lowest BCUT2D eigenvalue weighted by molar-refractivity contribution is -0.154. The highest BCUT2D eigenvalue weighted by Gasteiger charge is 2.50. The summed E-state index contributed by atoms with van der Waals surface area (Å²) in [5, 5.41) is 0. The van der Waals surface area contributed by atoms with Gasteiger partial charge < -0.3 is 9.53 Å². The Balaban J connectivity index is 2.15. The molecule has 4 unspecified atom stereocenters. The molecule has 2 aliphatic rings. The number of methoxy groups -OCH3 is 1. The quantitative estimate of drug-likeness (QED) is 0.548. The van der Waals surface area contributed by atoms with Crippen LogP contribution in [0, 0.1) is 11.8 Å². The number of hydrogen-bond acceptors (Lipinski definition) is 4. The van der Waals surface area contributed by atoms with E-state index in [1.165, 1.54) is 7.11 Å². The van der Waals surface area contributed by atoms with Gasteiger partial charge in [0.15, 0.2) is 0 Å². The molecule has 0 spiro atoms. The molecule has 102 valence electrons. The first-order valence-corrected chi connectivity index (χ1v) is 6.57. The molecular weight excluding hydrogens is 237 g/mol. The number of hydrogen-bond donors (Lipinski definition) is 0. The molecule has 2 saturated heterocycles. The average Bonchev–Trinajstić information content (AvgIpc) is 2.67. The van der Waals surface area contributed by atoms with Crippen molar-refractivity contribution in [2.24, 2.45) is 11.8 Å². The Morgan fingerprint density at radius 3 is 2.89 bits per heavy atom. The molecule has 0 amide bonds. The fourth-order valence-corrected chi connectivity index (χ4v) is 3.55. The highest BCUT2D eigenvalue weighted by molar-refractivity contribution is 5.78. The maximum Gasteiger partial charge on any atom is 0.310 e. The number of aldehydes is 1. The van der Waals surface area contributed by atoms with E-state index in [-0.39, 0.29) is 30.5 Å². The fraction of sp³-hybridized carbons (Fsp3) is 0.846. The van der Waals surface area contributed by atoms with Crippen molar-refractivity contribution in [3.05, 3.63) is 0 Å². The monoisotopic (exact) mass is 257 g/mol. The second-order valence-electron chi connectivity index (χ2n) is 5.16. The summed E-state index contributed by atoms with van der Waals surface area (Å²) in [6.45, 7) is 0.334. The van der Waals surface area contributed by atoms with E-state index in [0.717, 1.165) is 19.1 Å². The van der Waals surface area contributed by atoms with Crippen molar-refractivity contribution in [3.63, 3.8) is 0 Å². The average molecular weight is 257 g/mol. The van der Waals surface area contributed by atoms with Crippen molar-refractivity contribution >= 4 is 12.3 Å². The van der Waals surface area contributed by atoms with Crippen molar-refractivity contribution in [2.45, 2.75) is 37.8 Å². The number of nitrogens with zero attached hydrogens (tertiary/aromatic N) is 1. The number of carbonyl (C=O) groups excluding carboxylic acids is 2. The highest BCUT2D eigenvalue weighted by Crippen LogP contribution is 2.42. The number of alkyl halides is 1. The van der Waals surface area contributed by atoms with Crippen LogP contribution >= 0.6 is 0 Å². The summed E-state index contributed by atoms with van der Waals surface area (Å²) in [4.78, 5) is 25.2. The van der Waals surface area contributed by atoms with Gasteiger partial charge in [0, 0.05) is 24.5 Å². The van der Waals surface area contributed by atoms with Gasteiger partial charge >= 0.3 is 5.97 Å². The molecule has 2 heterocycles. The van der Waals surface area contributed by atoms with Crippen molar-refractivity contribution < 1.29 is 18.7 Å². The highest BCUT2D eigenvalue weighted by atomic mass is 19.1. The lowest BCUT2D eigenvalue weighted by Crippen LogP contribution is -2.52. The summed E-state index contributed by atoms with van der Waals surface area (Å²) in [5.74, 6) is -0.912. The molecule has 2 fully saturated rings. The molecule has 0 radical (unpaired) electrons. The topological polar surface area (TPSA) is 46.6 Å². The molecule has 18 heavy (non-hydrogen) atoms. The number of halogens is 1. The van der Waals surface area contributed by atoms with Gasteiger partial charge in [-0.05, 0) is 25.7 Å². The van der Waals surface area contributed by atoms with Gasteiger partial charge in [0.2, 0.25) is 0 Å². The molecule has 0 aromatic carbocycles. The normalized spacial score (nSPS) is 35.4. The zero-order valence-corrected chi connectivity index (χ0v) is 10.7. The summed E-state index contributed by atoms with van der Waals surface area (Å²) in [6.07, 6.45) is 3.98. The number of ether oxygens (including phenoxy) is 1. The van der Waals surface area contributed by atoms with E-state index in [9.17, 15) is 14.0 Å². The van der Waals surface area contributed by atoms with Crippen LogP contribution < -0.4 is 0 Å². The van der Waals surface area contributed by atoms with Gasteiger partial charge in [0.05, 0.1) is 19.7 Å². The first-order valence-electron chi connectivity index (χ1n) is 6.57.